The van der Waals surface area contributed by atoms with Crippen LogP contribution in [0.4, 0.5) is 0 Å². The van der Waals surface area contributed by atoms with Crippen molar-refractivity contribution in [1.29, 1.82) is 0 Å². The molecule has 0 fully saturated rings. The molecule has 8 heteroatoms. The van der Waals surface area contributed by atoms with Gasteiger partial charge in [-0.1, -0.05) is 35.3 Å². The Bertz CT molecular complexity index is 861. The molecule has 2 rings (SSSR count). The van der Waals surface area contributed by atoms with E-state index in [0.29, 0.717) is 36.0 Å². The van der Waals surface area contributed by atoms with Crippen LogP contribution in [0.5, 0.6) is 17.2 Å². The van der Waals surface area contributed by atoms with E-state index in [1.165, 1.54) is 7.11 Å². The van der Waals surface area contributed by atoms with E-state index in [0.717, 1.165) is 22.9 Å². The van der Waals surface area contributed by atoms with Crippen molar-refractivity contribution < 1.29 is 19.0 Å². The molecule has 0 saturated carbocycles. The van der Waals surface area contributed by atoms with Crippen LogP contribution in [0.1, 0.15) is 35.7 Å². The van der Waals surface area contributed by atoms with Crippen molar-refractivity contribution in [3.63, 3.8) is 0 Å². The number of carbonyl (C=O) groups is 1. The molecule has 6 nitrogen and oxygen atoms in total. The molecule has 0 radical (unpaired) electrons. The van der Waals surface area contributed by atoms with E-state index in [9.17, 15) is 4.79 Å². The highest BCUT2D eigenvalue weighted by Gasteiger charge is 2.14. The van der Waals surface area contributed by atoms with Crippen LogP contribution >= 0.6 is 28.1 Å². The van der Waals surface area contributed by atoms with Gasteiger partial charge in [-0.15, -0.1) is 0 Å². The number of methoxy groups -OCH3 is 2. The Morgan fingerprint density at radius 2 is 1.79 bits per heavy atom. The Kier molecular flexibility index (Phi) is 9.21. The summed E-state index contributed by atoms with van der Waals surface area (Å²) in [6, 6.07) is 10.9. The van der Waals surface area contributed by atoms with Gasteiger partial charge in [0, 0.05) is 11.0 Å². The van der Waals surface area contributed by atoms with Crippen LogP contribution in [0.25, 0.3) is 0 Å². The van der Waals surface area contributed by atoms with E-state index >= 15 is 0 Å². The van der Waals surface area contributed by atoms with Crippen molar-refractivity contribution >= 4 is 39.2 Å². The zero-order valence-electron chi connectivity index (χ0n) is 16.7. The number of carbonyl (C=O) groups excluding carboxylic acids is 1. The van der Waals surface area contributed by atoms with E-state index < -0.39 is 0 Å². The van der Waals surface area contributed by atoms with Gasteiger partial charge in [-0.25, -0.2) is 0 Å². The van der Waals surface area contributed by atoms with E-state index in [2.05, 4.69) is 33.5 Å². The highest BCUT2D eigenvalue weighted by molar-refractivity contribution is 9.10. The Morgan fingerprint density at radius 1 is 1.07 bits per heavy atom. The lowest BCUT2D eigenvalue weighted by Gasteiger charge is -2.14. The van der Waals surface area contributed by atoms with Gasteiger partial charge in [-0.05, 0) is 54.5 Å². The van der Waals surface area contributed by atoms with Crippen LogP contribution in [-0.2, 0) is 6.54 Å². The van der Waals surface area contributed by atoms with Gasteiger partial charge in [0.05, 0.1) is 26.4 Å². The van der Waals surface area contributed by atoms with Crippen LogP contribution in [0, 0.1) is 0 Å². The average Bonchev–Trinajstić information content (AvgIpc) is 2.72. The first-order chi connectivity index (χ1) is 14.0. The van der Waals surface area contributed by atoms with E-state index in [1.54, 1.807) is 25.3 Å². The molecule has 0 aliphatic rings. The fourth-order valence-corrected chi connectivity index (χ4v) is 3.05. The van der Waals surface area contributed by atoms with Gasteiger partial charge in [0.2, 0.25) is 0 Å². The zero-order chi connectivity index (χ0) is 21.2. The second-order valence-corrected chi connectivity index (χ2v) is 7.49. The summed E-state index contributed by atoms with van der Waals surface area (Å²) in [4.78, 5) is 12.5. The maximum Gasteiger partial charge on any atom is 0.261 e. The monoisotopic (exact) mass is 480 g/mol. The molecule has 2 N–H and O–H groups in total. The predicted molar refractivity (Wildman–Crippen MR) is 121 cm³/mol. The molecular weight excluding hydrogens is 456 g/mol. The van der Waals surface area contributed by atoms with E-state index in [4.69, 9.17) is 26.4 Å². The van der Waals surface area contributed by atoms with Gasteiger partial charge in [-0.3, -0.25) is 10.1 Å². The fourth-order valence-electron chi connectivity index (χ4n) is 2.52. The molecule has 2 aromatic rings. The van der Waals surface area contributed by atoms with Crippen LogP contribution in [0.2, 0.25) is 0 Å². The summed E-state index contributed by atoms with van der Waals surface area (Å²) in [5.41, 5.74) is 1.34. The molecular formula is C21H25BrN2O4S. The summed E-state index contributed by atoms with van der Waals surface area (Å²) >= 11 is 8.60. The van der Waals surface area contributed by atoms with Gasteiger partial charge in [-0.2, -0.15) is 0 Å². The second-order valence-electron chi connectivity index (χ2n) is 6.17. The molecule has 0 heterocycles. The smallest absolute Gasteiger partial charge is 0.261 e. The zero-order valence-corrected chi connectivity index (χ0v) is 19.1. The Labute approximate surface area is 185 Å². The topological polar surface area (TPSA) is 68.8 Å². The molecule has 0 unspecified atom stereocenters. The third kappa shape index (κ3) is 6.90. The summed E-state index contributed by atoms with van der Waals surface area (Å²) in [5.74, 6) is 1.49. The molecule has 0 bridgehead atoms. The predicted octanol–water partition coefficient (Wildman–Crippen LogP) is 4.45. The fraction of sp³-hybridized carbons (Fsp3) is 0.333. The first-order valence-electron chi connectivity index (χ1n) is 9.21. The lowest BCUT2D eigenvalue weighted by atomic mass is 10.2. The highest BCUT2D eigenvalue weighted by Crippen LogP contribution is 2.28. The molecule has 0 aliphatic heterocycles. The number of amides is 1. The lowest BCUT2D eigenvalue weighted by Crippen LogP contribution is -2.39. The molecule has 0 aromatic heterocycles. The number of unbranched alkanes of at least 4 members (excludes halogenated alkanes) is 1. The van der Waals surface area contributed by atoms with Gasteiger partial charge in [0.15, 0.2) is 16.6 Å². The first-order valence-corrected chi connectivity index (χ1v) is 10.4. The molecule has 0 aliphatic carbocycles. The van der Waals surface area contributed by atoms with E-state index in [-0.39, 0.29) is 11.0 Å². The number of nitrogens with one attached hydrogen (secondary N) is 2. The van der Waals surface area contributed by atoms with Crippen LogP contribution in [0.15, 0.2) is 40.9 Å². The Morgan fingerprint density at radius 3 is 2.48 bits per heavy atom. The normalized spacial score (nSPS) is 10.2. The molecule has 0 atom stereocenters. The quantitative estimate of drug-likeness (QED) is 0.408. The molecule has 1 amide bonds. The third-order valence-electron chi connectivity index (χ3n) is 4.07. The van der Waals surface area contributed by atoms with Gasteiger partial charge < -0.3 is 19.5 Å². The van der Waals surface area contributed by atoms with Crippen LogP contribution in [-0.4, -0.2) is 31.8 Å². The maximum absolute atomic E-state index is 12.5. The van der Waals surface area contributed by atoms with Gasteiger partial charge in [0.1, 0.15) is 5.75 Å². The molecule has 0 spiro atoms. The summed E-state index contributed by atoms with van der Waals surface area (Å²) in [6.07, 6.45) is 2.06. The van der Waals surface area contributed by atoms with Crippen molar-refractivity contribution in [2.24, 2.45) is 0 Å². The minimum atomic E-state index is -0.349. The van der Waals surface area contributed by atoms with Crippen LogP contribution < -0.4 is 24.8 Å². The van der Waals surface area contributed by atoms with Crippen molar-refractivity contribution in [3.8, 4) is 17.2 Å². The van der Waals surface area contributed by atoms with Crippen molar-refractivity contribution in [2.75, 3.05) is 20.8 Å². The standard InChI is InChI=1S/C21H25BrN2O4S/c1-4-5-10-28-18-8-6-14(11-19(18)27-3)13-23-21(29)24-20(25)16-12-15(22)7-9-17(16)26-2/h6-9,11-12H,4-5,10,13H2,1-3H3,(H2,23,24,25,29). The van der Waals surface area contributed by atoms with Gasteiger partial charge in [0.25, 0.3) is 5.91 Å². The van der Waals surface area contributed by atoms with Crippen LogP contribution in [0.3, 0.4) is 0 Å². The minimum absolute atomic E-state index is 0.222. The number of hydrogen-bond acceptors (Lipinski definition) is 5. The van der Waals surface area contributed by atoms with E-state index in [1.807, 2.05) is 18.2 Å². The summed E-state index contributed by atoms with van der Waals surface area (Å²) in [7, 11) is 3.12. The Balaban J connectivity index is 1.95. The third-order valence-corrected chi connectivity index (χ3v) is 4.81. The summed E-state index contributed by atoms with van der Waals surface area (Å²) < 4.78 is 17.2. The van der Waals surface area contributed by atoms with Crippen molar-refractivity contribution in [2.45, 2.75) is 26.3 Å². The van der Waals surface area contributed by atoms with Gasteiger partial charge >= 0.3 is 0 Å². The summed E-state index contributed by atoms with van der Waals surface area (Å²) in [6.45, 7) is 3.20. The minimum Gasteiger partial charge on any atom is -0.496 e. The number of rotatable bonds is 9. The second kappa shape index (κ2) is 11.6. The highest BCUT2D eigenvalue weighted by atomic mass is 79.9. The largest absolute Gasteiger partial charge is 0.496 e. The SMILES string of the molecule is CCCCOc1ccc(CNC(=S)NC(=O)c2cc(Br)ccc2OC)cc1OC. The number of halogens is 1. The number of thiocarbonyl (C=S) groups is 1. The lowest BCUT2D eigenvalue weighted by molar-refractivity contribution is 0.0973. The maximum atomic E-state index is 12.5. The molecule has 0 saturated heterocycles. The first kappa shape index (κ1) is 23.0. The van der Waals surface area contributed by atoms with Crippen molar-refractivity contribution in [1.82, 2.24) is 10.6 Å². The Hall–Kier alpha value is -2.32. The number of ether oxygens (including phenoxy) is 3. The molecule has 156 valence electrons. The average molecular weight is 481 g/mol. The number of hydrogen-bond donors (Lipinski definition) is 2. The molecule has 29 heavy (non-hydrogen) atoms. The number of benzene rings is 2. The van der Waals surface area contributed by atoms with Crippen molar-refractivity contribution in [3.05, 3.63) is 52.0 Å². The summed E-state index contributed by atoms with van der Waals surface area (Å²) in [5, 5.41) is 5.91. The molecule has 2 aromatic carbocycles.